The Morgan fingerprint density at radius 2 is 2.46 bits per heavy atom. The molecule has 0 radical (unpaired) electrons. The molecule has 1 saturated heterocycles. The first-order valence-corrected chi connectivity index (χ1v) is 4.40. The number of rotatable bonds is 1. The van der Waals surface area contributed by atoms with Crippen LogP contribution >= 0.6 is 0 Å². The van der Waals surface area contributed by atoms with Crippen molar-refractivity contribution in [3.05, 3.63) is 23.8 Å². The van der Waals surface area contributed by atoms with E-state index in [-0.39, 0.29) is 7.15 Å². The van der Waals surface area contributed by atoms with Crippen LogP contribution in [0.4, 0.5) is 5.69 Å². The van der Waals surface area contributed by atoms with Gasteiger partial charge in [-0.25, -0.2) is 0 Å². The van der Waals surface area contributed by atoms with E-state index in [2.05, 4.69) is 11.4 Å². The van der Waals surface area contributed by atoms with Crippen LogP contribution in [0.1, 0.15) is 6.99 Å². The Bertz CT molecular complexity index is 363. The lowest BCUT2D eigenvalue weighted by Crippen LogP contribution is -2.18. The molecule has 1 aromatic rings. The van der Waals surface area contributed by atoms with Crippen molar-refractivity contribution in [1.82, 2.24) is 0 Å². The molecule has 0 amide bonds. The maximum Gasteiger partial charge on any atom is 0.166 e. The first-order chi connectivity index (χ1) is 6.31. The smallest absolute Gasteiger partial charge is 0.166 e. The van der Waals surface area contributed by atoms with Crippen LogP contribution in [0, 0.1) is 0 Å². The Hall–Kier alpha value is -1.22. The molecule has 70 valence electrons. The van der Waals surface area contributed by atoms with Crippen LogP contribution in [0.25, 0.3) is 0 Å². The Balaban J connectivity index is 0.000000750. The van der Waals surface area contributed by atoms with E-state index in [1.165, 1.54) is 11.3 Å². The summed E-state index contributed by atoms with van der Waals surface area (Å²) in [6.07, 6.45) is 0.958. The number of benzene rings is 1. The van der Waals surface area contributed by atoms with E-state index in [0.29, 0.717) is 0 Å². The highest BCUT2D eigenvalue weighted by atomic mass is 16.6. The minimum absolute atomic E-state index is 0. The molecule has 3 rings (SSSR count). The van der Waals surface area contributed by atoms with Crippen LogP contribution in [0.3, 0.4) is 0 Å². The molecular formula is C10H13NO2. The molecule has 3 heteroatoms. The van der Waals surface area contributed by atoms with Gasteiger partial charge in [-0.15, -0.1) is 0 Å². The molecule has 1 N–H and O–H groups in total. The topological polar surface area (TPSA) is 33.8 Å². The highest BCUT2D eigenvalue weighted by Crippen LogP contribution is 2.42. The van der Waals surface area contributed by atoms with Crippen LogP contribution in [0.15, 0.2) is 18.2 Å². The molecule has 2 aliphatic rings. The maximum absolute atomic E-state index is 5.36. The van der Waals surface area contributed by atoms with Gasteiger partial charge < -0.3 is 14.8 Å². The number of anilines is 1. The lowest BCUT2D eigenvalue weighted by atomic mass is 10.1. The number of hydrogen-bond donors (Lipinski definition) is 1. The zero-order chi connectivity index (χ0) is 8.89. The predicted octanol–water partition coefficient (Wildman–Crippen LogP) is 1.64. The van der Waals surface area contributed by atoms with Crippen LogP contribution in [-0.4, -0.2) is 19.4 Å². The third-order valence-electron chi connectivity index (χ3n) is 2.64. The molecule has 0 bridgehead atoms. The first-order valence-electron chi connectivity index (χ1n) is 4.40. The van der Waals surface area contributed by atoms with E-state index < -0.39 is 0 Å². The zero-order valence-electron chi connectivity index (χ0n) is 7.46. The van der Waals surface area contributed by atoms with Crippen molar-refractivity contribution < 1.29 is 10.9 Å². The van der Waals surface area contributed by atoms with Gasteiger partial charge in [-0.3, -0.25) is 0 Å². The number of epoxide rings is 1. The lowest BCUT2D eigenvalue weighted by Gasteiger charge is -2.02. The summed E-state index contributed by atoms with van der Waals surface area (Å²) in [6.45, 7) is 0.823. The number of methoxy groups -OCH3 is 1. The maximum atomic E-state index is 5.36. The second-order valence-electron chi connectivity index (χ2n) is 3.61. The van der Waals surface area contributed by atoms with E-state index in [9.17, 15) is 0 Å². The summed E-state index contributed by atoms with van der Waals surface area (Å²) in [4.78, 5) is 0. The third kappa shape index (κ3) is 1.00. The van der Waals surface area contributed by atoms with E-state index in [0.717, 1.165) is 18.8 Å². The van der Waals surface area contributed by atoms with Crippen molar-refractivity contribution in [2.24, 2.45) is 0 Å². The average molecular weight is 179 g/mol. The average Bonchev–Trinajstić information content (AvgIpc) is 2.78. The summed E-state index contributed by atoms with van der Waals surface area (Å²) in [5.41, 5.74) is 2.41. The van der Waals surface area contributed by atoms with Gasteiger partial charge in [0.15, 0.2) is 5.72 Å². The SMILES string of the molecule is COc1ccc2c(c1)CC1(CO1)N2.[HH]. The predicted molar refractivity (Wildman–Crippen MR) is 51.1 cm³/mol. The highest BCUT2D eigenvalue weighted by Gasteiger charge is 2.49. The minimum atomic E-state index is -0.0608. The second kappa shape index (κ2) is 2.17. The van der Waals surface area contributed by atoms with Gasteiger partial charge in [0.2, 0.25) is 0 Å². The lowest BCUT2D eigenvalue weighted by molar-refractivity contribution is 0.339. The van der Waals surface area contributed by atoms with Gasteiger partial charge in [0.25, 0.3) is 0 Å². The van der Waals surface area contributed by atoms with Gasteiger partial charge >= 0.3 is 0 Å². The number of fused-ring (bicyclic) bond motifs is 1. The Morgan fingerprint density at radius 3 is 3.15 bits per heavy atom. The van der Waals surface area contributed by atoms with Crippen LogP contribution < -0.4 is 10.1 Å². The molecule has 1 aromatic carbocycles. The van der Waals surface area contributed by atoms with Crippen LogP contribution in [-0.2, 0) is 11.2 Å². The quantitative estimate of drug-likeness (QED) is 0.665. The molecule has 0 aromatic heterocycles. The fraction of sp³-hybridized carbons (Fsp3) is 0.400. The fourth-order valence-electron chi connectivity index (χ4n) is 1.82. The fourth-order valence-corrected chi connectivity index (χ4v) is 1.82. The van der Waals surface area contributed by atoms with Crippen LogP contribution in [0.5, 0.6) is 5.75 Å². The molecule has 1 fully saturated rings. The normalized spacial score (nSPS) is 28.4. The number of hydrogen-bond acceptors (Lipinski definition) is 3. The van der Waals surface area contributed by atoms with Crippen molar-refractivity contribution in [2.45, 2.75) is 12.1 Å². The van der Waals surface area contributed by atoms with Crippen molar-refractivity contribution in [2.75, 3.05) is 19.0 Å². The molecular weight excluding hydrogens is 166 g/mol. The van der Waals surface area contributed by atoms with E-state index in [1.807, 2.05) is 12.1 Å². The number of nitrogens with one attached hydrogen (secondary N) is 1. The summed E-state index contributed by atoms with van der Waals surface area (Å²) in [7, 11) is 1.69. The largest absolute Gasteiger partial charge is 0.497 e. The minimum Gasteiger partial charge on any atom is -0.497 e. The molecule has 1 atom stereocenters. The van der Waals surface area contributed by atoms with E-state index in [1.54, 1.807) is 7.11 Å². The Labute approximate surface area is 78.1 Å². The highest BCUT2D eigenvalue weighted by molar-refractivity contribution is 5.61. The van der Waals surface area contributed by atoms with Crippen molar-refractivity contribution in [1.29, 1.82) is 0 Å². The Kier molecular flexibility index (Phi) is 1.21. The molecule has 3 nitrogen and oxygen atoms in total. The van der Waals surface area contributed by atoms with Crippen molar-refractivity contribution in [3.8, 4) is 5.75 Å². The summed E-state index contributed by atoms with van der Waals surface area (Å²) in [5.74, 6) is 0.915. The summed E-state index contributed by atoms with van der Waals surface area (Å²) in [5, 5.41) is 3.36. The molecule has 1 unspecified atom stereocenters. The summed E-state index contributed by atoms with van der Waals surface area (Å²) in [6, 6.07) is 6.08. The summed E-state index contributed by atoms with van der Waals surface area (Å²) >= 11 is 0. The van der Waals surface area contributed by atoms with Gasteiger partial charge in [-0.2, -0.15) is 0 Å². The summed E-state index contributed by atoms with van der Waals surface area (Å²) < 4.78 is 10.5. The van der Waals surface area contributed by atoms with Gasteiger partial charge in [-0.05, 0) is 23.8 Å². The van der Waals surface area contributed by atoms with Crippen LogP contribution in [0.2, 0.25) is 0 Å². The molecule has 0 aliphatic carbocycles. The molecule has 13 heavy (non-hydrogen) atoms. The van der Waals surface area contributed by atoms with E-state index >= 15 is 0 Å². The Morgan fingerprint density at radius 1 is 1.62 bits per heavy atom. The second-order valence-corrected chi connectivity index (χ2v) is 3.61. The van der Waals surface area contributed by atoms with Gasteiger partial charge in [0.05, 0.1) is 13.7 Å². The molecule has 1 spiro atoms. The standard InChI is InChI=1S/C10H11NO2.H2/c1-12-8-2-3-9-7(4-8)5-10(11-9)6-13-10;/h2-4,11H,5-6H2,1H3;1H. The number of ether oxygens (including phenoxy) is 2. The molecule has 0 saturated carbocycles. The van der Waals surface area contributed by atoms with Gasteiger partial charge in [0, 0.05) is 13.5 Å². The third-order valence-corrected chi connectivity index (χ3v) is 2.64. The van der Waals surface area contributed by atoms with Gasteiger partial charge in [-0.1, -0.05) is 0 Å². The molecule has 2 aliphatic heterocycles. The zero-order valence-corrected chi connectivity index (χ0v) is 7.46. The monoisotopic (exact) mass is 179 g/mol. The van der Waals surface area contributed by atoms with Crippen molar-refractivity contribution in [3.63, 3.8) is 0 Å². The molecule has 2 heterocycles. The van der Waals surface area contributed by atoms with Gasteiger partial charge in [0.1, 0.15) is 5.75 Å². The van der Waals surface area contributed by atoms with Crippen molar-refractivity contribution >= 4 is 5.69 Å². The van der Waals surface area contributed by atoms with E-state index in [4.69, 9.17) is 9.47 Å². The first kappa shape index (κ1) is 7.21.